The Bertz CT molecular complexity index is 1060. The predicted molar refractivity (Wildman–Crippen MR) is 106 cm³/mol. The van der Waals surface area contributed by atoms with Crippen molar-refractivity contribution in [3.05, 3.63) is 33.9 Å². The number of carbonyl (C=O) groups is 2. The molecule has 1 unspecified atom stereocenters. The van der Waals surface area contributed by atoms with Crippen LogP contribution in [0.15, 0.2) is 11.6 Å². The van der Waals surface area contributed by atoms with E-state index in [-0.39, 0.29) is 47.8 Å². The van der Waals surface area contributed by atoms with E-state index in [1.165, 1.54) is 14.2 Å². The lowest BCUT2D eigenvalue weighted by Gasteiger charge is -2.20. The molecule has 0 bridgehead atoms. The summed E-state index contributed by atoms with van der Waals surface area (Å²) in [7, 11) is -3.57. The summed E-state index contributed by atoms with van der Waals surface area (Å²) < 4.78 is 81.9. The summed E-state index contributed by atoms with van der Waals surface area (Å²) in [4.78, 5) is 23.7. The molecule has 1 aromatic rings. The van der Waals surface area contributed by atoms with E-state index >= 15 is 0 Å². The monoisotopic (exact) mass is 480 g/mol. The summed E-state index contributed by atoms with van der Waals surface area (Å²) in [6.45, 7) is 4.75. The third kappa shape index (κ3) is 5.00. The van der Waals surface area contributed by atoms with Crippen molar-refractivity contribution < 1.29 is 49.6 Å². The minimum absolute atomic E-state index is 0.0668. The van der Waals surface area contributed by atoms with Gasteiger partial charge in [0.15, 0.2) is 5.75 Å². The molecule has 0 spiro atoms. The molecule has 1 atom stereocenters. The molecule has 32 heavy (non-hydrogen) atoms. The molecule has 0 radical (unpaired) electrons. The molecule has 1 heterocycles. The van der Waals surface area contributed by atoms with Crippen LogP contribution >= 0.6 is 0 Å². The normalized spacial score (nSPS) is 15.1. The van der Waals surface area contributed by atoms with E-state index in [1.54, 1.807) is 26.8 Å². The number of methoxy groups -OCH3 is 2. The van der Waals surface area contributed by atoms with Crippen LogP contribution in [0.25, 0.3) is 0 Å². The van der Waals surface area contributed by atoms with E-state index < -0.39 is 33.3 Å². The van der Waals surface area contributed by atoms with Gasteiger partial charge in [0.25, 0.3) is 0 Å². The molecule has 0 fully saturated rings. The van der Waals surface area contributed by atoms with Gasteiger partial charge in [-0.2, -0.15) is 21.6 Å². The van der Waals surface area contributed by atoms with Gasteiger partial charge in [0.2, 0.25) is 0 Å². The number of benzene rings is 1. The van der Waals surface area contributed by atoms with Crippen LogP contribution in [-0.4, -0.2) is 40.1 Å². The van der Waals surface area contributed by atoms with Crippen LogP contribution in [0.2, 0.25) is 0 Å². The van der Waals surface area contributed by atoms with Gasteiger partial charge >= 0.3 is 27.6 Å². The number of halogens is 3. The van der Waals surface area contributed by atoms with Crippen molar-refractivity contribution in [1.82, 2.24) is 0 Å². The topological polar surface area (TPSA) is 105 Å². The molecule has 0 saturated heterocycles. The second-order valence-corrected chi connectivity index (χ2v) is 8.75. The van der Waals surface area contributed by atoms with Gasteiger partial charge in [-0.05, 0) is 31.7 Å². The molecule has 1 aromatic carbocycles. The minimum atomic E-state index is -6.08. The van der Waals surface area contributed by atoms with Crippen LogP contribution in [0.4, 0.5) is 13.2 Å². The predicted octanol–water partition coefficient (Wildman–Crippen LogP) is 3.59. The standard InChI is InChI=1S/C20H23F3O8S/c1-10(11(2)8-15(24)28-4)6-7-13-17(29-5)12(3)14-9-30-19(25)16(14)18(13)31-32(26,27)20(21,22)23/h6,11H,7-9H2,1-5H3/b10-6+. The van der Waals surface area contributed by atoms with Crippen LogP contribution in [0.3, 0.4) is 0 Å². The zero-order chi connectivity index (χ0) is 24.4. The Labute approximate surface area is 183 Å². The molecular formula is C20H23F3O8S. The summed E-state index contributed by atoms with van der Waals surface area (Å²) in [5.74, 6) is -2.43. The van der Waals surface area contributed by atoms with Crippen molar-refractivity contribution in [3.8, 4) is 11.5 Å². The summed E-state index contributed by atoms with van der Waals surface area (Å²) in [6, 6.07) is 0. The highest BCUT2D eigenvalue weighted by molar-refractivity contribution is 7.88. The molecule has 8 nitrogen and oxygen atoms in total. The molecule has 0 amide bonds. The van der Waals surface area contributed by atoms with E-state index in [2.05, 4.69) is 8.92 Å². The van der Waals surface area contributed by atoms with Crippen molar-refractivity contribution >= 4 is 22.1 Å². The SMILES string of the molecule is COC(=O)CC(C)/C(C)=C/Cc1c(OC)c(C)c2c(c1OS(=O)(=O)C(F)(F)F)C(=O)OC2. The van der Waals surface area contributed by atoms with Crippen molar-refractivity contribution in [2.45, 2.75) is 45.7 Å². The summed E-state index contributed by atoms with van der Waals surface area (Å²) in [5, 5.41) is 0. The molecule has 2 rings (SSSR count). The second-order valence-electron chi connectivity index (χ2n) is 7.21. The Kier molecular flexibility index (Phi) is 7.48. The fraction of sp³-hybridized carbons (Fsp3) is 0.500. The molecular weight excluding hydrogens is 457 g/mol. The Morgan fingerprint density at radius 3 is 2.41 bits per heavy atom. The maximum absolute atomic E-state index is 13.0. The minimum Gasteiger partial charge on any atom is -0.496 e. The van der Waals surface area contributed by atoms with Crippen LogP contribution in [-0.2, 0) is 37.4 Å². The maximum atomic E-state index is 13.0. The molecule has 0 N–H and O–H groups in total. The van der Waals surface area contributed by atoms with Crippen LogP contribution in [0.1, 0.15) is 47.3 Å². The third-order valence-electron chi connectivity index (χ3n) is 5.21. The number of ether oxygens (including phenoxy) is 3. The zero-order valence-electron chi connectivity index (χ0n) is 18.1. The van der Waals surface area contributed by atoms with Gasteiger partial charge in [0.1, 0.15) is 17.9 Å². The third-order valence-corrected chi connectivity index (χ3v) is 6.16. The molecule has 0 saturated carbocycles. The fourth-order valence-corrected chi connectivity index (χ4v) is 3.72. The van der Waals surface area contributed by atoms with Gasteiger partial charge in [0.05, 0.1) is 20.6 Å². The van der Waals surface area contributed by atoms with Gasteiger partial charge in [0, 0.05) is 11.1 Å². The maximum Gasteiger partial charge on any atom is 0.534 e. The average molecular weight is 480 g/mol. The molecule has 1 aliphatic heterocycles. The van der Waals surface area contributed by atoms with Crippen molar-refractivity contribution in [1.29, 1.82) is 0 Å². The van der Waals surface area contributed by atoms with Crippen molar-refractivity contribution in [3.63, 3.8) is 0 Å². The largest absolute Gasteiger partial charge is 0.534 e. The summed E-state index contributed by atoms with van der Waals surface area (Å²) in [6.07, 6.45) is 1.52. The number of esters is 2. The first-order chi connectivity index (χ1) is 14.7. The number of rotatable bonds is 8. The van der Waals surface area contributed by atoms with Crippen LogP contribution in [0.5, 0.6) is 11.5 Å². The first-order valence-electron chi connectivity index (χ1n) is 9.38. The highest BCUT2D eigenvalue weighted by Gasteiger charge is 2.50. The zero-order valence-corrected chi connectivity index (χ0v) is 18.9. The number of allylic oxidation sites excluding steroid dienone is 2. The number of fused-ring (bicyclic) bond motifs is 1. The molecule has 178 valence electrons. The number of cyclic esters (lactones) is 1. The quantitative estimate of drug-likeness (QED) is 0.241. The van der Waals surface area contributed by atoms with E-state index in [1.807, 2.05) is 0 Å². The van der Waals surface area contributed by atoms with Crippen molar-refractivity contribution in [2.24, 2.45) is 5.92 Å². The molecule has 0 aromatic heterocycles. The van der Waals surface area contributed by atoms with Crippen LogP contribution in [0, 0.1) is 12.8 Å². The van der Waals surface area contributed by atoms with Crippen LogP contribution < -0.4 is 8.92 Å². The number of hydrogen-bond donors (Lipinski definition) is 0. The first-order valence-corrected chi connectivity index (χ1v) is 10.8. The smallest absolute Gasteiger partial charge is 0.496 e. The van der Waals surface area contributed by atoms with E-state index in [0.29, 0.717) is 11.1 Å². The van der Waals surface area contributed by atoms with Crippen molar-refractivity contribution in [2.75, 3.05) is 14.2 Å². The van der Waals surface area contributed by atoms with Gasteiger partial charge in [-0.1, -0.05) is 18.6 Å². The van der Waals surface area contributed by atoms with Gasteiger partial charge in [-0.15, -0.1) is 0 Å². The lowest BCUT2D eigenvalue weighted by atomic mass is 9.93. The van der Waals surface area contributed by atoms with Gasteiger partial charge < -0.3 is 18.4 Å². The van der Waals surface area contributed by atoms with E-state index in [9.17, 15) is 31.2 Å². The lowest BCUT2D eigenvalue weighted by molar-refractivity contribution is -0.141. The fourth-order valence-electron chi connectivity index (χ4n) is 3.22. The molecule has 0 aliphatic carbocycles. The average Bonchev–Trinajstić information content (AvgIpc) is 3.09. The summed E-state index contributed by atoms with van der Waals surface area (Å²) >= 11 is 0. The molecule has 12 heteroatoms. The number of carbonyl (C=O) groups excluding carboxylic acids is 2. The second kappa shape index (κ2) is 9.39. The number of hydrogen-bond acceptors (Lipinski definition) is 8. The number of alkyl halides is 3. The van der Waals surface area contributed by atoms with Gasteiger partial charge in [-0.25, -0.2) is 4.79 Å². The Morgan fingerprint density at radius 1 is 1.25 bits per heavy atom. The Hall–Kier alpha value is -2.76. The first kappa shape index (κ1) is 25.5. The lowest BCUT2D eigenvalue weighted by Crippen LogP contribution is -2.29. The Morgan fingerprint density at radius 2 is 1.88 bits per heavy atom. The Balaban J connectivity index is 2.64. The highest BCUT2D eigenvalue weighted by Crippen LogP contribution is 2.44. The van der Waals surface area contributed by atoms with Gasteiger partial charge in [-0.3, -0.25) is 4.79 Å². The van der Waals surface area contributed by atoms with E-state index in [0.717, 1.165) is 0 Å². The highest BCUT2D eigenvalue weighted by atomic mass is 32.2. The summed E-state index contributed by atoms with van der Waals surface area (Å²) in [5.41, 5.74) is -4.89. The molecule has 1 aliphatic rings. The van der Waals surface area contributed by atoms with E-state index in [4.69, 9.17) is 9.47 Å².